The van der Waals surface area contributed by atoms with Crippen LogP contribution >= 0.6 is 0 Å². The maximum atomic E-state index is 14.3. The van der Waals surface area contributed by atoms with Gasteiger partial charge >= 0.3 is 0 Å². The normalized spacial score (nSPS) is 14.9. The van der Waals surface area contributed by atoms with Crippen LogP contribution < -0.4 is 14.4 Å². The van der Waals surface area contributed by atoms with Gasteiger partial charge in [0.15, 0.2) is 0 Å². The summed E-state index contributed by atoms with van der Waals surface area (Å²) in [7, 11) is -2.21. The minimum atomic E-state index is -3.77. The first-order chi connectivity index (χ1) is 18.1. The lowest BCUT2D eigenvalue weighted by molar-refractivity contribution is -0.141. The molecule has 2 amide bonds. The van der Waals surface area contributed by atoms with Gasteiger partial charge in [-0.25, -0.2) is 12.8 Å². The Morgan fingerprint density at radius 1 is 1.11 bits per heavy atom. The molecule has 1 aliphatic rings. The van der Waals surface area contributed by atoms with Gasteiger partial charge in [-0.15, -0.1) is 0 Å². The van der Waals surface area contributed by atoms with Crippen molar-refractivity contribution in [3.63, 3.8) is 0 Å². The molecule has 38 heavy (non-hydrogen) atoms. The van der Waals surface area contributed by atoms with Gasteiger partial charge in [0.25, 0.3) is 0 Å². The van der Waals surface area contributed by atoms with E-state index in [0.29, 0.717) is 5.75 Å². The smallest absolute Gasteiger partial charge is 0.242 e. The predicted octanol–water partition coefficient (Wildman–Crippen LogP) is 4.25. The fourth-order valence-electron chi connectivity index (χ4n) is 4.76. The zero-order valence-electron chi connectivity index (χ0n) is 22.4. The molecule has 1 N–H and O–H groups in total. The Morgan fingerprint density at radius 2 is 1.82 bits per heavy atom. The van der Waals surface area contributed by atoms with Crippen molar-refractivity contribution in [2.45, 2.75) is 70.5 Å². The summed E-state index contributed by atoms with van der Waals surface area (Å²) in [5.41, 5.74) is 0.745. The third kappa shape index (κ3) is 8.18. The van der Waals surface area contributed by atoms with Gasteiger partial charge in [0.1, 0.15) is 17.6 Å². The zero-order chi connectivity index (χ0) is 27.7. The van der Waals surface area contributed by atoms with E-state index in [-0.39, 0.29) is 49.5 Å². The zero-order valence-corrected chi connectivity index (χ0v) is 23.2. The number of ether oxygens (including phenoxy) is 1. The van der Waals surface area contributed by atoms with Crippen molar-refractivity contribution in [3.05, 3.63) is 59.9 Å². The molecule has 0 unspecified atom stereocenters. The number of hydrogen-bond donors (Lipinski definition) is 1. The van der Waals surface area contributed by atoms with Gasteiger partial charge in [-0.2, -0.15) is 0 Å². The minimum absolute atomic E-state index is 0.00844. The molecule has 1 saturated carbocycles. The number of anilines is 1. The lowest BCUT2D eigenvalue weighted by Crippen LogP contribution is -2.50. The Labute approximate surface area is 225 Å². The van der Waals surface area contributed by atoms with E-state index >= 15 is 0 Å². The van der Waals surface area contributed by atoms with Crippen molar-refractivity contribution >= 4 is 27.5 Å². The van der Waals surface area contributed by atoms with Crippen LogP contribution in [0.2, 0.25) is 0 Å². The quantitative estimate of drug-likeness (QED) is 0.429. The van der Waals surface area contributed by atoms with Crippen LogP contribution in [0.1, 0.15) is 57.4 Å². The van der Waals surface area contributed by atoms with Crippen LogP contribution in [-0.2, 0) is 26.2 Å². The van der Waals surface area contributed by atoms with Crippen LogP contribution in [0.4, 0.5) is 10.1 Å². The van der Waals surface area contributed by atoms with Gasteiger partial charge in [-0.3, -0.25) is 13.9 Å². The Morgan fingerprint density at radius 3 is 2.47 bits per heavy atom. The Balaban J connectivity index is 1.74. The number of hydrogen-bond acceptors (Lipinski definition) is 5. The van der Waals surface area contributed by atoms with E-state index in [1.54, 1.807) is 26.2 Å². The average Bonchev–Trinajstić information content (AvgIpc) is 2.90. The Hall–Kier alpha value is -3.14. The molecule has 1 fully saturated rings. The van der Waals surface area contributed by atoms with Gasteiger partial charge in [-0.1, -0.05) is 43.5 Å². The van der Waals surface area contributed by atoms with Crippen LogP contribution in [0.3, 0.4) is 0 Å². The summed E-state index contributed by atoms with van der Waals surface area (Å²) < 4.78 is 45.4. The molecule has 8 nitrogen and oxygen atoms in total. The number of nitrogens with zero attached hydrogens (tertiary/aromatic N) is 2. The summed E-state index contributed by atoms with van der Waals surface area (Å²) in [5, 5.41) is 3.10. The number of halogens is 1. The maximum absolute atomic E-state index is 14.3. The molecule has 2 aromatic rings. The van der Waals surface area contributed by atoms with Crippen LogP contribution in [0, 0.1) is 5.82 Å². The third-order valence-electron chi connectivity index (χ3n) is 6.88. The molecule has 2 aromatic carbocycles. The van der Waals surface area contributed by atoms with Gasteiger partial charge in [-0.05, 0) is 56.0 Å². The van der Waals surface area contributed by atoms with E-state index in [0.717, 1.165) is 41.8 Å². The number of nitrogens with one attached hydrogen (secondary N) is 1. The summed E-state index contributed by atoms with van der Waals surface area (Å²) in [6.07, 6.45) is 6.33. The molecule has 1 atom stereocenters. The first-order valence-corrected chi connectivity index (χ1v) is 14.9. The lowest BCUT2D eigenvalue weighted by Gasteiger charge is -2.31. The number of sulfonamides is 1. The molecule has 0 heterocycles. The molecule has 3 rings (SSSR count). The number of amides is 2. The van der Waals surface area contributed by atoms with Crippen molar-refractivity contribution in [2.24, 2.45) is 0 Å². The summed E-state index contributed by atoms with van der Waals surface area (Å²) >= 11 is 0. The second-order valence-corrected chi connectivity index (χ2v) is 11.7. The standard InChI is InChI=1S/C28H38FN3O5S/c1-21(28(34)30-23-12-5-4-6-13-23)31(20-22-11-9-14-24(19-22)37-2)27(33)17-10-18-32(38(3,35)36)26-16-8-7-15-25(26)29/h7-9,11,14-16,19,21,23H,4-6,10,12-13,17-18,20H2,1-3H3,(H,30,34)/t21-/m1/s1. The molecule has 0 bridgehead atoms. The van der Waals surface area contributed by atoms with Crippen molar-refractivity contribution < 1.29 is 27.1 Å². The maximum Gasteiger partial charge on any atom is 0.242 e. The molecule has 0 radical (unpaired) electrons. The van der Waals surface area contributed by atoms with E-state index in [9.17, 15) is 22.4 Å². The van der Waals surface area contributed by atoms with E-state index in [4.69, 9.17) is 4.74 Å². The SMILES string of the molecule is COc1cccc(CN(C(=O)CCCN(c2ccccc2F)S(C)(=O)=O)[C@H](C)C(=O)NC2CCCCC2)c1. The van der Waals surface area contributed by atoms with Gasteiger partial charge < -0.3 is 15.0 Å². The summed E-state index contributed by atoms with van der Waals surface area (Å²) in [6.45, 7) is 1.83. The fourth-order valence-corrected chi connectivity index (χ4v) is 5.72. The Kier molecular flexibility index (Phi) is 10.5. The van der Waals surface area contributed by atoms with E-state index in [1.807, 2.05) is 18.2 Å². The number of carbonyl (C=O) groups is 2. The number of benzene rings is 2. The van der Waals surface area contributed by atoms with Crippen LogP contribution in [-0.4, -0.2) is 57.1 Å². The number of methoxy groups -OCH3 is 1. The second-order valence-electron chi connectivity index (χ2n) is 9.78. The average molecular weight is 548 g/mol. The number of carbonyl (C=O) groups excluding carboxylic acids is 2. The second kappa shape index (κ2) is 13.6. The van der Waals surface area contributed by atoms with E-state index in [1.165, 1.54) is 29.5 Å². The van der Waals surface area contributed by atoms with E-state index < -0.39 is 21.9 Å². The van der Waals surface area contributed by atoms with Gasteiger partial charge in [0.05, 0.1) is 19.1 Å². The molecule has 0 aromatic heterocycles. The van der Waals surface area contributed by atoms with Crippen molar-refractivity contribution in [1.82, 2.24) is 10.2 Å². The molecule has 0 spiro atoms. The highest BCUT2D eigenvalue weighted by Gasteiger charge is 2.28. The van der Waals surface area contributed by atoms with Gasteiger partial charge in [0, 0.05) is 25.6 Å². The lowest BCUT2D eigenvalue weighted by atomic mass is 9.95. The highest BCUT2D eigenvalue weighted by atomic mass is 32.2. The molecule has 0 aliphatic heterocycles. The monoisotopic (exact) mass is 547 g/mol. The van der Waals surface area contributed by atoms with Crippen molar-refractivity contribution in [1.29, 1.82) is 0 Å². The fraction of sp³-hybridized carbons (Fsp3) is 0.500. The third-order valence-corrected chi connectivity index (χ3v) is 8.06. The summed E-state index contributed by atoms with van der Waals surface area (Å²) in [5.74, 6) is -0.516. The van der Waals surface area contributed by atoms with Crippen molar-refractivity contribution in [2.75, 3.05) is 24.2 Å². The van der Waals surface area contributed by atoms with Gasteiger partial charge in [0.2, 0.25) is 21.8 Å². The number of rotatable bonds is 12. The predicted molar refractivity (Wildman–Crippen MR) is 146 cm³/mol. The molecule has 1 aliphatic carbocycles. The molecule has 10 heteroatoms. The van der Waals surface area contributed by atoms with Crippen LogP contribution in [0.5, 0.6) is 5.75 Å². The highest BCUT2D eigenvalue weighted by molar-refractivity contribution is 7.92. The summed E-state index contributed by atoms with van der Waals surface area (Å²) in [4.78, 5) is 28.1. The summed E-state index contributed by atoms with van der Waals surface area (Å²) in [6, 6.07) is 12.3. The minimum Gasteiger partial charge on any atom is -0.497 e. The molecule has 208 valence electrons. The van der Waals surface area contributed by atoms with E-state index in [2.05, 4.69) is 5.32 Å². The number of para-hydroxylation sites is 1. The molecular formula is C28H38FN3O5S. The van der Waals surface area contributed by atoms with Crippen LogP contribution in [0.15, 0.2) is 48.5 Å². The first-order valence-electron chi connectivity index (χ1n) is 13.0. The molecular weight excluding hydrogens is 509 g/mol. The van der Waals surface area contributed by atoms with Crippen molar-refractivity contribution in [3.8, 4) is 5.75 Å². The Bertz CT molecular complexity index is 1200. The topological polar surface area (TPSA) is 96.0 Å². The highest BCUT2D eigenvalue weighted by Crippen LogP contribution is 2.23. The molecule has 0 saturated heterocycles. The first kappa shape index (κ1) is 29.4. The van der Waals surface area contributed by atoms with Crippen LogP contribution in [0.25, 0.3) is 0 Å². The largest absolute Gasteiger partial charge is 0.497 e.